The van der Waals surface area contributed by atoms with Crippen molar-refractivity contribution in [3.05, 3.63) is 0 Å². The second-order valence-corrected chi connectivity index (χ2v) is 8.79. The molecule has 4 aliphatic carbocycles. The summed E-state index contributed by atoms with van der Waals surface area (Å²) in [6, 6.07) is 0. The van der Waals surface area contributed by atoms with Gasteiger partial charge in [0.1, 0.15) is 11.6 Å². The van der Waals surface area contributed by atoms with Crippen LogP contribution in [0.25, 0.3) is 0 Å². The van der Waals surface area contributed by atoms with E-state index in [0.717, 1.165) is 25.7 Å². The minimum absolute atomic E-state index is 0.172. The summed E-state index contributed by atoms with van der Waals surface area (Å²) in [7, 11) is 0. The zero-order valence-electron chi connectivity index (χ0n) is 13.5. The van der Waals surface area contributed by atoms with Crippen LogP contribution in [0, 0.1) is 34.5 Å². The summed E-state index contributed by atoms with van der Waals surface area (Å²) in [5.74, 6) is 2.46. The highest BCUT2D eigenvalue weighted by Gasteiger charge is 2.62. The molecule has 116 valence electrons. The van der Waals surface area contributed by atoms with E-state index in [0.29, 0.717) is 35.7 Å². The second kappa shape index (κ2) is 4.43. The standard InChI is InChI=1S/C19H28O2/c1-18-8-4-3-6-12(18)10-15(20)17-13-7-5-9-19(13,2)16(21)11-14(17)18/h12-14,17H,3-11H2,1-2H3. The molecular weight excluding hydrogens is 260 g/mol. The minimum Gasteiger partial charge on any atom is -0.299 e. The van der Waals surface area contributed by atoms with Crippen LogP contribution in [-0.2, 0) is 9.59 Å². The van der Waals surface area contributed by atoms with Crippen LogP contribution >= 0.6 is 0 Å². The first-order chi connectivity index (χ1) is 9.97. The van der Waals surface area contributed by atoms with E-state index in [9.17, 15) is 9.59 Å². The number of ketones is 2. The molecule has 0 aromatic rings. The van der Waals surface area contributed by atoms with Crippen molar-refractivity contribution in [2.24, 2.45) is 34.5 Å². The molecule has 4 saturated carbocycles. The van der Waals surface area contributed by atoms with Gasteiger partial charge in [0.2, 0.25) is 0 Å². The van der Waals surface area contributed by atoms with Crippen LogP contribution in [0.5, 0.6) is 0 Å². The van der Waals surface area contributed by atoms with Crippen LogP contribution in [0.3, 0.4) is 0 Å². The normalized spacial score (nSPS) is 53.0. The molecule has 0 N–H and O–H groups in total. The topological polar surface area (TPSA) is 34.1 Å². The molecule has 0 amide bonds. The van der Waals surface area contributed by atoms with E-state index in [-0.39, 0.29) is 16.7 Å². The van der Waals surface area contributed by atoms with E-state index in [4.69, 9.17) is 0 Å². The van der Waals surface area contributed by atoms with Crippen molar-refractivity contribution in [1.29, 1.82) is 0 Å². The third kappa shape index (κ3) is 1.71. The number of carbonyl (C=O) groups is 2. The lowest BCUT2D eigenvalue weighted by Crippen LogP contribution is -2.58. The zero-order chi connectivity index (χ0) is 14.8. The number of fused-ring (bicyclic) bond motifs is 5. The van der Waals surface area contributed by atoms with E-state index in [1.54, 1.807) is 0 Å². The largest absolute Gasteiger partial charge is 0.299 e. The Kier molecular flexibility index (Phi) is 2.94. The van der Waals surface area contributed by atoms with Gasteiger partial charge in [0, 0.05) is 24.2 Å². The number of hydrogen-bond donors (Lipinski definition) is 0. The molecule has 2 nitrogen and oxygen atoms in total. The van der Waals surface area contributed by atoms with Crippen molar-refractivity contribution in [1.82, 2.24) is 0 Å². The van der Waals surface area contributed by atoms with E-state index in [2.05, 4.69) is 13.8 Å². The molecule has 0 aliphatic heterocycles. The van der Waals surface area contributed by atoms with Crippen molar-refractivity contribution in [2.75, 3.05) is 0 Å². The average molecular weight is 288 g/mol. The molecule has 0 saturated heterocycles. The first-order valence-electron chi connectivity index (χ1n) is 9.03. The average Bonchev–Trinajstić information content (AvgIpc) is 2.84. The Labute approximate surface area is 128 Å². The summed E-state index contributed by atoms with van der Waals surface area (Å²) in [5, 5.41) is 0. The molecule has 4 fully saturated rings. The molecular formula is C19H28O2. The lowest BCUT2D eigenvalue weighted by molar-refractivity contribution is -0.162. The number of carbonyl (C=O) groups excluding carboxylic acids is 2. The molecule has 0 aromatic carbocycles. The van der Waals surface area contributed by atoms with Crippen molar-refractivity contribution < 1.29 is 9.59 Å². The fraction of sp³-hybridized carbons (Fsp3) is 0.895. The maximum Gasteiger partial charge on any atom is 0.139 e. The summed E-state index contributed by atoms with van der Waals surface area (Å²) < 4.78 is 0. The van der Waals surface area contributed by atoms with Gasteiger partial charge in [0.05, 0.1) is 0 Å². The first-order valence-corrected chi connectivity index (χ1v) is 9.03. The van der Waals surface area contributed by atoms with Gasteiger partial charge in [-0.2, -0.15) is 0 Å². The Hall–Kier alpha value is -0.660. The summed E-state index contributed by atoms with van der Waals surface area (Å²) in [4.78, 5) is 25.8. The van der Waals surface area contributed by atoms with Crippen molar-refractivity contribution in [2.45, 2.75) is 71.6 Å². The molecule has 6 unspecified atom stereocenters. The lowest BCUT2D eigenvalue weighted by Gasteiger charge is -2.58. The third-order valence-corrected chi connectivity index (χ3v) is 8.06. The van der Waals surface area contributed by atoms with E-state index in [1.165, 1.54) is 25.7 Å². The SMILES string of the molecule is CC12CCCC1C1C(=O)CC3CCCCC3(C)C1CC2=O. The van der Waals surface area contributed by atoms with Gasteiger partial charge >= 0.3 is 0 Å². The van der Waals surface area contributed by atoms with Crippen LogP contribution in [0.15, 0.2) is 0 Å². The number of rotatable bonds is 0. The molecule has 0 heterocycles. The molecule has 0 bridgehead atoms. The molecule has 6 atom stereocenters. The highest BCUT2D eigenvalue weighted by atomic mass is 16.1. The summed E-state index contributed by atoms with van der Waals surface area (Å²) in [5.41, 5.74) is 0.0884. The van der Waals surface area contributed by atoms with Crippen molar-refractivity contribution in [3.8, 4) is 0 Å². The van der Waals surface area contributed by atoms with Gasteiger partial charge in [-0.05, 0) is 48.9 Å². The van der Waals surface area contributed by atoms with Gasteiger partial charge in [-0.3, -0.25) is 9.59 Å². The maximum absolute atomic E-state index is 12.9. The van der Waals surface area contributed by atoms with Crippen molar-refractivity contribution in [3.63, 3.8) is 0 Å². The monoisotopic (exact) mass is 288 g/mol. The number of Topliss-reactive ketones (excluding diaryl/α,β-unsaturated/α-hetero) is 2. The Morgan fingerprint density at radius 3 is 2.52 bits per heavy atom. The van der Waals surface area contributed by atoms with Gasteiger partial charge in [0.15, 0.2) is 0 Å². The molecule has 2 heteroatoms. The van der Waals surface area contributed by atoms with E-state index < -0.39 is 0 Å². The minimum atomic E-state index is -0.172. The van der Waals surface area contributed by atoms with Gasteiger partial charge < -0.3 is 0 Å². The lowest BCUT2D eigenvalue weighted by atomic mass is 9.45. The van der Waals surface area contributed by atoms with E-state index in [1.807, 2.05) is 0 Å². The predicted molar refractivity (Wildman–Crippen MR) is 81.7 cm³/mol. The molecule has 21 heavy (non-hydrogen) atoms. The van der Waals surface area contributed by atoms with Crippen LogP contribution < -0.4 is 0 Å². The molecule has 0 radical (unpaired) electrons. The predicted octanol–water partition coefficient (Wildman–Crippen LogP) is 4.17. The van der Waals surface area contributed by atoms with Gasteiger partial charge in [-0.15, -0.1) is 0 Å². The molecule has 0 spiro atoms. The Morgan fingerprint density at radius 2 is 1.71 bits per heavy atom. The number of hydrogen-bond acceptors (Lipinski definition) is 2. The van der Waals surface area contributed by atoms with E-state index >= 15 is 0 Å². The fourth-order valence-corrected chi connectivity index (χ4v) is 6.68. The van der Waals surface area contributed by atoms with Crippen LogP contribution in [0.1, 0.15) is 71.6 Å². The molecule has 0 aromatic heterocycles. The van der Waals surface area contributed by atoms with Crippen molar-refractivity contribution >= 4 is 11.6 Å². The molecule has 4 rings (SSSR count). The van der Waals surface area contributed by atoms with Crippen LogP contribution in [0.4, 0.5) is 0 Å². The zero-order valence-corrected chi connectivity index (χ0v) is 13.5. The first kappa shape index (κ1) is 14.0. The third-order valence-electron chi connectivity index (χ3n) is 8.06. The summed E-state index contributed by atoms with van der Waals surface area (Å²) in [6.45, 7) is 4.57. The smallest absolute Gasteiger partial charge is 0.139 e. The van der Waals surface area contributed by atoms with Gasteiger partial charge in [0.25, 0.3) is 0 Å². The Bertz CT molecular complexity index is 496. The van der Waals surface area contributed by atoms with Crippen LogP contribution in [0.2, 0.25) is 0 Å². The summed E-state index contributed by atoms with van der Waals surface area (Å²) >= 11 is 0. The summed E-state index contributed by atoms with van der Waals surface area (Å²) in [6.07, 6.45) is 9.78. The van der Waals surface area contributed by atoms with Gasteiger partial charge in [-0.25, -0.2) is 0 Å². The quantitative estimate of drug-likeness (QED) is 0.670. The Morgan fingerprint density at radius 1 is 0.905 bits per heavy atom. The molecule has 4 aliphatic rings. The maximum atomic E-state index is 12.9. The van der Waals surface area contributed by atoms with Gasteiger partial charge in [-0.1, -0.05) is 33.1 Å². The second-order valence-electron chi connectivity index (χ2n) is 8.79. The highest BCUT2D eigenvalue weighted by molar-refractivity contribution is 5.91. The Balaban J connectivity index is 1.76. The fourth-order valence-electron chi connectivity index (χ4n) is 6.68. The highest BCUT2D eigenvalue weighted by Crippen LogP contribution is 2.64. The van der Waals surface area contributed by atoms with Crippen LogP contribution in [-0.4, -0.2) is 11.6 Å².